The number of rotatable bonds is 2. The maximum atomic E-state index is 3.62. The van der Waals surface area contributed by atoms with E-state index in [4.69, 9.17) is 0 Å². The molecule has 1 saturated heterocycles. The third-order valence-corrected chi connectivity index (χ3v) is 4.44. The molecule has 86 valence electrons. The van der Waals surface area contributed by atoms with Gasteiger partial charge in [0, 0.05) is 6.54 Å². The van der Waals surface area contributed by atoms with E-state index in [-0.39, 0.29) is 0 Å². The molecule has 2 bridgehead atoms. The fraction of sp³-hybridized carbons (Fsp3) is 0.600. The highest BCUT2D eigenvalue weighted by atomic mass is 14.9. The van der Waals surface area contributed by atoms with Crippen molar-refractivity contribution in [2.75, 3.05) is 13.1 Å². The molecule has 1 N–H and O–H groups in total. The fourth-order valence-corrected chi connectivity index (χ4v) is 3.57. The van der Waals surface area contributed by atoms with Crippen LogP contribution in [0.4, 0.5) is 0 Å². The molecule has 16 heavy (non-hydrogen) atoms. The van der Waals surface area contributed by atoms with Crippen LogP contribution >= 0.6 is 0 Å². The van der Waals surface area contributed by atoms with Crippen LogP contribution < -0.4 is 5.32 Å². The van der Waals surface area contributed by atoms with Crippen molar-refractivity contribution < 1.29 is 0 Å². The minimum Gasteiger partial charge on any atom is -0.316 e. The van der Waals surface area contributed by atoms with Gasteiger partial charge in [-0.25, -0.2) is 0 Å². The van der Waals surface area contributed by atoms with Crippen LogP contribution in [0.1, 0.15) is 30.4 Å². The summed E-state index contributed by atoms with van der Waals surface area (Å²) in [5.41, 5.74) is 3.47. The van der Waals surface area contributed by atoms with Crippen LogP contribution in [0.3, 0.4) is 0 Å². The number of hydrogen-bond donors (Lipinski definition) is 1. The van der Waals surface area contributed by atoms with Crippen LogP contribution in [0.15, 0.2) is 24.3 Å². The largest absolute Gasteiger partial charge is 0.316 e. The molecule has 2 unspecified atom stereocenters. The zero-order valence-electron chi connectivity index (χ0n) is 10.1. The quantitative estimate of drug-likeness (QED) is 0.800. The Balaban J connectivity index is 1.76. The zero-order chi connectivity index (χ0) is 11.0. The van der Waals surface area contributed by atoms with E-state index in [1.165, 1.54) is 49.9 Å². The van der Waals surface area contributed by atoms with Crippen molar-refractivity contribution in [2.24, 2.45) is 11.3 Å². The lowest BCUT2D eigenvalue weighted by molar-refractivity contribution is 0.229. The van der Waals surface area contributed by atoms with Crippen LogP contribution in [-0.2, 0) is 6.42 Å². The summed E-state index contributed by atoms with van der Waals surface area (Å²) in [5.74, 6) is 0.958. The molecule has 1 heteroatoms. The molecule has 1 heterocycles. The summed E-state index contributed by atoms with van der Waals surface area (Å²) in [5, 5.41) is 3.62. The molecular formula is C15H21N. The van der Waals surface area contributed by atoms with Crippen molar-refractivity contribution in [3.63, 3.8) is 0 Å². The summed E-state index contributed by atoms with van der Waals surface area (Å²) in [6.07, 6.45) is 5.60. The van der Waals surface area contributed by atoms with E-state index in [2.05, 4.69) is 36.5 Å². The van der Waals surface area contributed by atoms with E-state index < -0.39 is 0 Å². The maximum Gasteiger partial charge on any atom is 0.00112 e. The van der Waals surface area contributed by atoms with E-state index in [9.17, 15) is 0 Å². The fourth-order valence-electron chi connectivity index (χ4n) is 3.57. The first-order valence-electron chi connectivity index (χ1n) is 6.52. The van der Waals surface area contributed by atoms with Crippen molar-refractivity contribution in [3.8, 4) is 0 Å². The molecule has 0 radical (unpaired) electrons. The summed E-state index contributed by atoms with van der Waals surface area (Å²) in [4.78, 5) is 0. The topological polar surface area (TPSA) is 12.0 Å². The molecule has 1 aromatic rings. The third-order valence-electron chi connectivity index (χ3n) is 4.44. The van der Waals surface area contributed by atoms with Crippen molar-refractivity contribution in [2.45, 2.75) is 32.6 Å². The molecule has 1 aliphatic carbocycles. The first kappa shape index (κ1) is 10.3. The predicted octanol–water partition coefficient (Wildman–Crippen LogP) is 2.93. The molecule has 0 amide bonds. The van der Waals surface area contributed by atoms with Gasteiger partial charge in [0.15, 0.2) is 0 Å². The SMILES string of the molecule is Cc1ccc(CC23CCC(CNC2)C3)cc1. The van der Waals surface area contributed by atoms with E-state index in [1.54, 1.807) is 0 Å². The monoisotopic (exact) mass is 215 g/mol. The third kappa shape index (κ3) is 1.89. The van der Waals surface area contributed by atoms with Crippen LogP contribution in [0, 0.1) is 18.3 Å². The van der Waals surface area contributed by atoms with Crippen LogP contribution in [-0.4, -0.2) is 13.1 Å². The molecule has 2 aliphatic rings. The second-order valence-electron chi connectivity index (χ2n) is 5.90. The molecule has 3 rings (SSSR count). The van der Waals surface area contributed by atoms with Crippen molar-refractivity contribution in [1.29, 1.82) is 0 Å². The smallest absolute Gasteiger partial charge is 0.00112 e. The molecule has 0 aromatic heterocycles. The van der Waals surface area contributed by atoms with Gasteiger partial charge >= 0.3 is 0 Å². The molecule has 1 saturated carbocycles. The van der Waals surface area contributed by atoms with Gasteiger partial charge < -0.3 is 5.32 Å². The number of piperidine rings is 1. The number of fused-ring (bicyclic) bond motifs is 2. The Morgan fingerprint density at radius 3 is 2.94 bits per heavy atom. The summed E-state index contributed by atoms with van der Waals surface area (Å²) in [6.45, 7) is 4.66. The van der Waals surface area contributed by atoms with E-state index in [0.29, 0.717) is 5.41 Å². The second kappa shape index (κ2) is 3.89. The number of hydrogen-bond acceptors (Lipinski definition) is 1. The van der Waals surface area contributed by atoms with Crippen LogP contribution in [0.2, 0.25) is 0 Å². The predicted molar refractivity (Wildman–Crippen MR) is 67.5 cm³/mol. The molecule has 0 spiro atoms. The molecular weight excluding hydrogens is 194 g/mol. The lowest BCUT2D eigenvalue weighted by Crippen LogP contribution is -2.40. The number of nitrogens with one attached hydrogen (secondary N) is 1. The van der Waals surface area contributed by atoms with E-state index in [1.807, 2.05) is 0 Å². The Labute approximate surface area is 98.3 Å². The highest BCUT2D eigenvalue weighted by Gasteiger charge is 2.41. The van der Waals surface area contributed by atoms with Crippen LogP contribution in [0.5, 0.6) is 0 Å². The van der Waals surface area contributed by atoms with Gasteiger partial charge in [0.2, 0.25) is 0 Å². The Kier molecular flexibility index (Phi) is 2.51. The molecule has 2 fully saturated rings. The Bertz CT molecular complexity index is 364. The average Bonchev–Trinajstić information content (AvgIpc) is 2.58. The lowest BCUT2D eigenvalue weighted by Gasteiger charge is -2.34. The first-order valence-corrected chi connectivity index (χ1v) is 6.52. The van der Waals surface area contributed by atoms with Gasteiger partial charge in [0.05, 0.1) is 0 Å². The lowest BCUT2D eigenvalue weighted by atomic mass is 9.77. The zero-order valence-corrected chi connectivity index (χ0v) is 10.1. The Hall–Kier alpha value is -0.820. The number of aryl methyl sites for hydroxylation is 1. The molecule has 2 atom stereocenters. The summed E-state index contributed by atoms with van der Waals surface area (Å²) in [6, 6.07) is 9.11. The standard InChI is InChI=1S/C15H21N/c1-12-2-4-13(5-3-12)8-15-7-6-14(9-15)10-16-11-15/h2-5,14,16H,6-11H2,1H3. The highest BCUT2D eigenvalue weighted by Crippen LogP contribution is 2.45. The van der Waals surface area contributed by atoms with Gasteiger partial charge in [0.25, 0.3) is 0 Å². The highest BCUT2D eigenvalue weighted by molar-refractivity contribution is 5.23. The van der Waals surface area contributed by atoms with Crippen molar-refractivity contribution in [3.05, 3.63) is 35.4 Å². The van der Waals surface area contributed by atoms with Gasteiger partial charge in [0.1, 0.15) is 0 Å². The van der Waals surface area contributed by atoms with Gasteiger partial charge in [-0.05, 0) is 56.0 Å². The number of benzene rings is 1. The van der Waals surface area contributed by atoms with Gasteiger partial charge in [-0.15, -0.1) is 0 Å². The average molecular weight is 215 g/mol. The molecule has 1 aliphatic heterocycles. The van der Waals surface area contributed by atoms with E-state index in [0.717, 1.165) is 5.92 Å². The first-order chi connectivity index (χ1) is 7.76. The van der Waals surface area contributed by atoms with Crippen molar-refractivity contribution in [1.82, 2.24) is 5.32 Å². The molecule has 1 nitrogen and oxygen atoms in total. The van der Waals surface area contributed by atoms with Crippen LogP contribution in [0.25, 0.3) is 0 Å². The minimum atomic E-state index is 0.582. The summed E-state index contributed by atoms with van der Waals surface area (Å²) < 4.78 is 0. The maximum absolute atomic E-state index is 3.62. The minimum absolute atomic E-state index is 0.582. The second-order valence-corrected chi connectivity index (χ2v) is 5.90. The normalized spacial score (nSPS) is 32.9. The molecule has 1 aromatic carbocycles. The Morgan fingerprint density at radius 1 is 1.31 bits per heavy atom. The van der Waals surface area contributed by atoms with Gasteiger partial charge in [-0.3, -0.25) is 0 Å². The van der Waals surface area contributed by atoms with Gasteiger partial charge in [-0.2, -0.15) is 0 Å². The van der Waals surface area contributed by atoms with Gasteiger partial charge in [-0.1, -0.05) is 29.8 Å². The summed E-state index contributed by atoms with van der Waals surface area (Å²) >= 11 is 0. The summed E-state index contributed by atoms with van der Waals surface area (Å²) in [7, 11) is 0. The Morgan fingerprint density at radius 2 is 2.12 bits per heavy atom. The van der Waals surface area contributed by atoms with Crippen molar-refractivity contribution >= 4 is 0 Å². The van der Waals surface area contributed by atoms with E-state index >= 15 is 0 Å².